The molecule has 0 amide bonds. The second-order valence-electron chi connectivity index (χ2n) is 13.7. The molecule has 0 fully saturated rings. The number of allylic oxidation sites excluding steroid dienone is 1. The molecule has 0 radical (unpaired) electrons. The predicted molar refractivity (Wildman–Crippen MR) is 252 cm³/mol. The first-order valence-corrected chi connectivity index (χ1v) is 21.5. The SMILES string of the molecule is C=CC(=O)OCCCCCCC.C=CC=O.CC.CCCCCCCOc1ccc(OC(=O)c2ccc(/C=N/N=C/c3ccc(OC(=O)c4ccc(C)cc4)cc3)cc2C)cc1. The summed E-state index contributed by atoms with van der Waals surface area (Å²) in [6.45, 7) is 19.8. The van der Waals surface area contributed by atoms with Crippen molar-refractivity contribution in [1.29, 1.82) is 0 Å². The third-order valence-electron chi connectivity index (χ3n) is 8.63. The number of ether oxygens (including phenoxy) is 4. The van der Waals surface area contributed by atoms with Crippen molar-refractivity contribution in [3.05, 3.63) is 150 Å². The Balaban J connectivity index is 0.000000899. The molecule has 0 saturated carbocycles. The summed E-state index contributed by atoms with van der Waals surface area (Å²) in [5.41, 5.74) is 4.41. The molecule has 0 unspecified atom stereocenters. The Morgan fingerprint density at radius 2 is 1.08 bits per heavy atom. The van der Waals surface area contributed by atoms with Gasteiger partial charge in [-0.2, -0.15) is 10.2 Å². The van der Waals surface area contributed by atoms with Crippen LogP contribution in [0.1, 0.15) is 135 Å². The van der Waals surface area contributed by atoms with Crippen molar-refractivity contribution in [1.82, 2.24) is 0 Å². The number of carbonyl (C=O) groups excluding carboxylic acids is 4. The topological polar surface area (TPSA) is 130 Å². The molecule has 0 bridgehead atoms. The van der Waals surface area contributed by atoms with Gasteiger partial charge >= 0.3 is 17.9 Å². The lowest BCUT2D eigenvalue weighted by Crippen LogP contribution is -2.10. The molecule has 0 atom stereocenters. The number of carbonyl (C=O) groups is 4. The van der Waals surface area contributed by atoms with Crippen LogP contribution < -0.4 is 14.2 Å². The average Bonchev–Trinajstić information content (AvgIpc) is 3.29. The van der Waals surface area contributed by atoms with Crippen LogP contribution in [0.25, 0.3) is 0 Å². The Kier molecular flexibility index (Phi) is 29.7. The highest BCUT2D eigenvalue weighted by Crippen LogP contribution is 2.21. The van der Waals surface area contributed by atoms with Crippen LogP contribution in [0.2, 0.25) is 0 Å². The number of rotatable bonds is 22. The average molecular weight is 847 g/mol. The van der Waals surface area contributed by atoms with Gasteiger partial charge in [0.15, 0.2) is 0 Å². The first-order chi connectivity index (χ1) is 30.1. The van der Waals surface area contributed by atoms with E-state index < -0.39 is 11.9 Å². The fourth-order valence-electron chi connectivity index (χ4n) is 5.27. The number of hydrogen-bond acceptors (Lipinski definition) is 10. The van der Waals surface area contributed by atoms with Crippen molar-refractivity contribution in [3.63, 3.8) is 0 Å². The van der Waals surface area contributed by atoms with Crippen LogP contribution in [0.15, 0.2) is 127 Å². The van der Waals surface area contributed by atoms with Gasteiger partial charge in [0.25, 0.3) is 0 Å². The third kappa shape index (κ3) is 24.0. The molecule has 62 heavy (non-hydrogen) atoms. The number of hydrogen-bond donors (Lipinski definition) is 0. The standard InChI is InChI=1S/C37H38N2O5.C10H18O2.C3H4O.C2H6/c1-4-5-6-7-8-23-42-32-18-20-34(21-19-32)44-37(41)35-22-13-30(24-28(35)3)26-39-38-25-29-11-16-33(17-12-29)43-36(40)31-14-9-27(2)10-15-31;1-3-5-6-7-8-9-12-10(11)4-2;1-2-3-4;1-2/h9-22,24-26H,4-8,23H2,1-3H3;4H,2-3,5-9H2,1H3;2-3H,1H2;1-2H3/b38-25+,39-26+;;;. The smallest absolute Gasteiger partial charge is 0.343 e. The zero-order valence-corrected chi connectivity index (χ0v) is 37.6. The molecule has 4 aromatic carbocycles. The van der Waals surface area contributed by atoms with Crippen LogP contribution in [0.3, 0.4) is 0 Å². The van der Waals surface area contributed by atoms with Gasteiger partial charge in [0, 0.05) is 6.08 Å². The highest BCUT2D eigenvalue weighted by atomic mass is 16.5. The van der Waals surface area contributed by atoms with Crippen molar-refractivity contribution in [2.45, 2.75) is 106 Å². The van der Waals surface area contributed by atoms with Gasteiger partial charge in [-0.15, -0.1) is 0 Å². The quantitative estimate of drug-likeness (QED) is 0.0145. The van der Waals surface area contributed by atoms with Crippen molar-refractivity contribution in [2.24, 2.45) is 10.2 Å². The summed E-state index contributed by atoms with van der Waals surface area (Å²) in [7, 11) is 0. The second kappa shape index (κ2) is 34.3. The van der Waals surface area contributed by atoms with Crippen molar-refractivity contribution < 1.29 is 38.1 Å². The number of esters is 3. The number of unbranched alkanes of at least 4 members (excludes halogenated alkanes) is 8. The van der Waals surface area contributed by atoms with E-state index in [1.807, 2.05) is 58.0 Å². The Morgan fingerprint density at radius 3 is 1.61 bits per heavy atom. The number of aryl methyl sites for hydroxylation is 2. The minimum Gasteiger partial charge on any atom is -0.494 e. The summed E-state index contributed by atoms with van der Waals surface area (Å²) < 4.78 is 21.6. The minimum atomic E-state index is -0.429. The van der Waals surface area contributed by atoms with Gasteiger partial charge in [-0.25, -0.2) is 14.4 Å². The zero-order chi connectivity index (χ0) is 45.8. The molecule has 10 nitrogen and oxygen atoms in total. The maximum Gasteiger partial charge on any atom is 0.343 e. The van der Waals surface area contributed by atoms with Crippen LogP contribution in [0.4, 0.5) is 0 Å². The Bertz CT molecular complexity index is 1940. The summed E-state index contributed by atoms with van der Waals surface area (Å²) in [6, 6.07) is 26.7. The lowest BCUT2D eigenvalue weighted by atomic mass is 10.1. The van der Waals surface area contributed by atoms with Gasteiger partial charge in [-0.3, -0.25) is 4.79 Å². The molecule has 0 aromatic heterocycles. The second-order valence-corrected chi connectivity index (χ2v) is 13.7. The van der Waals surface area contributed by atoms with Crippen LogP contribution in [-0.2, 0) is 14.3 Å². The fourth-order valence-corrected chi connectivity index (χ4v) is 5.27. The fraction of sp³-hybridized carbons (Fsp3) is 0.346. The van der Waals surface area contributed by atoms with Gasteiger partial charge in [-0.1, -0.05) is 116 Å². The first-order valence-electron chi connectivity index (χ1n) is 21.5. The lowest BCUT2D eigenvalue weighted by Gasteiger charge is -2.09. The Labute approximate surface area is 369 Å². The van der Waals surface area contributed by atoms with Crippen molar-refractivity contribution in [2.75, 3.05) is 13.2 Å². The summed E-state index contributed by atoms with van der Waals surface area (Å²) in [5, 5.41) is 8.22. The van der Waals surface area contributed by atoms with E-state index in [0.29, 0.717) is 42.1 Å². The van der Waals surface area contributed by atoms with Gasteiger partial charge < -0.3 is 18.9 Å². The van der Waals surface area contributed by atoms with E-state index in [9.17, 15) is 14.4 Å². The highest BCUT2D eigenvalue weighted by Gasteiger charge is 2.12. The molecule has 0 N–H and O–H groups in total. The number of benzene rings is 4. The van der Waals surface area contributed by atoms with E-state index in [1.54, 1.807) is 73.1 Å². The summed E-state index contributed by atoms with van der Waals surface area (Å²) >= 11 is 0. The van der Waals surface area contributed by atoms with Crippen LogP contribution in [-0.4, -0.2) is 49.8 Å². The first kappa shape index (κ1) is 53.6. The van der Waals surface area contributed by atoms with E-state index in [1.165, 1.54) is 57.1 Å². The van der Waals surface area contributed by atoms with E-state index in [-0.39, 0.29) is 5.97 Å². The van der Waals surface area contributed by atoms with Gasteiger partial charge in [-0.05, 0) is 122 Å². The van der Waals surface area contributed by atoms with Crippen molar-refractivity contribution in [3.8, 4) is 17.2 Å². The molecule has 4 rings (SSSR count). The number of aldehydes is 1. The molecule has 0 spiro atoms. The van der Waals surface area contributed by atoms with E-state index >= 15 is 0 Å². The lowest BCUT2D eigenvalue weighted by molar-refractivity contribution is -0.137. The summed E-state index contributed by atoms with van der Waals surface area (Å²) in [6.07, 6.45) is 18.1. The monoisotopic (exact) mass is 846 g/mol. The maximum atomic E-state index is 12.8. The van der Waals surface area contributed by atoms with Crippen molar-refractivity contribution >= 4 is 36.6 Å². The molecule has 0 aliphatic carbocycles. The predicted octanol–water partition coefficient (Wildman–Crippen LogP) is 12.6. The zero-order valence-electron chi connectivity index (χ0n) is 37.6. The number of nitrogens with zero attached hydrogens (tertiary/aromatic N) is 2. The minimum absolute atomic E-state index is 0.314. The van der Waals surface area contributed by atoms with Gasteiger partial charge in [0.2, 0.25) is 0 Å². The Morgan fingerprint density at radius 1 is 0.597 bits per heavy atom. The largest absolute Gasteiger partial charge is 0.494 e. The molecular formula is C52H66N2O8. The molecule has 0 heterocycles. The van der Waals surface area contributed by atoms with Crippen LogP contribution in [0, 0.1) is 13.8 Å². The molecular weight excluding hydrogens is 781 g/mol. The molecule has 0 aliphatic rings. The highest BCUT2D eigenvalue weighted by molar-refractivity contribution is 5.94. The van der Waals surface area contributed by atoms with Gasteiger partial charge in [0.05, 0.1) is 36.8 Å². The molecule has 332 valence electrons. The summed E-state index contributed by atoms with van der Waals surface area (Å²) in [4.78, 5) is 44.7. The molecule has 10 heteroatoms. The van der Waals surface area contributed by atoms with E-state index in [2.05, 4.69) is 37.2 Å². The van der Waals surface area contributed by atoms with Crippen LogP contribution >= 0.6 is 0 Å². The molecule has 0 saturated heterocycles. The maximum absolute atomic E-state index is 12.8. The van der Waals surface area contributed by atoms with E-state index in [0.717, 1.165) is 47.3 Å². The third-order valence-corrected chi connectivity index (χ3v) is 8.63. The Hall–Kier alpha value is -6.42. The van der Waals surface area contributed by atoms with Crippen LogP contribution in [0.5, 0.6) is 17.2 Å². The summed E-state index contributed by atoms with van der Waals surface area (Å²) in [5.74, 6) is 0.515. The van der Waals surface area contributed by atoms with Gasteiger partial charge in [0.1, 0.15) is 23.5 Å². The molecule has 4 aromatic rings. The normalized spacial score (nSPS) is 10.2. The van der Waals surface area contributed by atoms with E-state index in [4.69, 9.17) is 23.7 Å². The molecule has 0 aliphatic heterocycles.